The zero-order valence-electron chi connectivity index (χ0n) is 12.1. The van der Waals surface area contributed by atoms with E-state index in [1.54, 1.807) is 29.1 Å². The van der Waals surface area contributed by atoms with E-state index in [4.69, 9.17) is 4.74 Å². The van der Waals surface area contributed by atoms with Gasteiger partial charge in [0.15, 0.2) is 0 Å². The molecule has 23 heavy (non-hydrogen) atoms. The lowest BCUT2D eigenvalue weighted by molar-refractivity contribution is 0.155. The second kappa shape index (κ2) is 6.74. The summed E-state index contributed by atoms with van der Waals surface area (Å²) in [4.78, 5) is 15.6. The quantitative estimate of drug-likeness (QED) is 0.798. The molecular weight excluding hydrogens is 297 g/mol. The number of aromatic nitrogens is 2. The minimum absolute atomic E-state index is 0.155. The number of nitrogens with zero attached hydrogens (tertiary/aromatic N) is 2. The maximum atomic E-state index is 14.1. The van der Waals surface area contributed by atoms with Gasteiger partial charge in [-0.05, 0) is 23.8 Å². The third-order valence-corrected chi connectivity index (χ3v) is 3.19. The second-order valence-electron chi connectivity index (χ2n) is 4.82. The molecule has 0 spiro atoms. The van der Waals surface area contributed by atoms with E-state index in [0.717, 1.165) is 5.56 Å². The molecule has 0 radical (unpaired) electrons. The molecule has 0 fully saturated rings. The largest absolute Gasteiger partial charge is 0.444 e. The van der Waals surface area contributed by atoms with Crippen LogP contribution in [0.25, 0.3) is 5.69 Å². The molecule has 5 nitrogen and oxygen atoms in total. The lowest BCUT2D eigenvalue weighted by Gasteiger charge is -2.09. The number of nitrogens with one attached hydrogen (secondary N) is 1. The zero-order valence-corrected chi connectivity index (χ0v) is 12.1. The highest BCUT2D eigenvalue weighted by Gasteiger charge is 2.08. The molecule has 0 aliphatic rings. The molecule has 3 aromatic rings. The van der Waals surface area contributed by atoms with Gasteiger partial charge in [0, 0.05) is 18.1 Å². The van der Waals surface area contributed by atoms with Crippen molar-refractivity contribution in [3.63, 3.8) is 0 Å². The molecule has 0 bridgehead atoms. The fourth-order valence-corrected chi connectivity index (χ4v) is 2.07. The molecule has 1 N–H and O–H groups in total. The van der Waals surface area contributed by atoms with Crippen LogP contribution < -0.4 is 5.32 Å². The van der Waals surface area contributed by atoms with E-state index in [1.165, 1.54) is 12.4 Å². The van der Waals surface area contributed by atoms with Gasteiger partial charge in [0.1, 0.15) is 12.4 Å². The molecule has 2 aromatic carbocycles. The summed E-state index contributed by atoms with van der Waals surface area (Å²) in [6, 6.07) is 13.7. The zero-order chi connectivity index (χ0) is 16.1. The van der Waals surface area contributed by atoms with E-state index in [2.05, 4.69) is 10.3 Å². The lowest BCUT2D eigenvalue weighted by atomic mass is 10.2. The van der Waals surface area contributed by atoms with E-state index in [-0.39, 0.29) is 6.61 Å². The van der Waals surface area contributed by atoms with Crippen molar-refractivity contribution < 1.29 is 13.9 Å². The van der Waals surface area contributed by atoms with Crippen molar-refractivity contribution in [1.29, 1.82) is 0 Å². The molecule has 1 aromatic heterocycles. The number of anilines is 1. The molecule has 3 rings (SSSR count). The standard InChI is InChI=1S/C17H14FN3O2/c18-15-10-14(6-7-16(15)21-9-8-19-12-21)20-17(22)23-11-13-4-2-1-3-5-13/h1-10,12H,11H2,(H,20,22). The Labute approximate surface area is 132 Å². The number of rotatable bonds is 4. The van der Waals surface area contributed by atoms with Crippen LogP contribution in [0.5, 0.6) is 0 Å². The smallest absolute Gasteiger partial charge is 0.411 e. The van der Waals surface area contributed by atoms with Crippen molar-refractivity contribution in [3.8, 4) is 5.69 Å². The van der Waals surface area contributed by atoms with E-state index >= 15 is 0 Å². The summed E-state index contributed by atoms with van der Waals surface area (Å²) >= 11 is 0. The number of imidazole rings is 1. The molecule has 0 unspecified atom stereocenters. The number of carbonyl (C=O) groups is 1. The summed E-state index contributed by atoms with van der Waals surface area (Å²) in [5.74, 6) is -0.469. The minimum Gasteiger partial charge on any atom is -0.444 e. The van der Waals surface area contributed by atoms with Gasteiger partial charge in [0.25, 0.3) is 0 Å². The Morgan fingerprint density at radius 3 is 2.74 bits per heavy atom. The number of ether oxygens (including phenoxy) is 1. The van der Waals surface area contributed by atoms with Gasteiger partial charge < -0.3 is 9.30 Å². The van der Waals surface area contributed by atoms with E-state index in [1.807, 2.05) is 30.3 Å². The molecule has 1 heterocycles. The van der Waals surface area contributed by atoms with Crippen molar-refractivity contribution >= 4 is 11.8 Å². The third kappa shape index (κ3) is 3.74. The predicted molar refractivity (Wildman–Crippen MR) is 83.8 cm³/mol. The third-order valence-electron chi connectivity index (χ3n) is 3.19. The highest BCUT2D eigenvalue weighted by molar-refractivity contribution is 5.84. The van der Waals surface area contributed by atoms with Crippen molar-refractivity contribution in [1.82, 2.24) is 9.55 Å². The van der Waals surface area contributed by atoms with E-state index in [9.17, 15) is 9.18 Å². The molecule has 0 aliphatic carbocycles. The molecule has 6 heteroatoms. The highest BCUT2D eigenvalue weighted by Crippen LogP contribution is 2.18. The fraction of sp³-hybridized carbons (Fsp3) is 0.0588. The van der Waals surface area contributed by atoms with Crippen LogP contribution in [-0.2, 0) is 11.3 Å². The molecular formula is C17H14FN3O2. The highest BCUT2D eigenvalue weighted by atomic mass is 19.1. The van der Waals surface area contributed by atoms with Crippen LogP contribution in [0.4, 0.5) is 14.9 Å². The number of hydrogen-bond acceptors (Lipinski definition) is 3. The summed E-state index contributed by atoms with van der Waals surface area (Å²) in [7, 11) is 0. The van der Waals surface area contributed by atoms with Crippen LogP contribution in [0, 0.1) is 5.82 Å². The van der Waals surface area contributed by atoms with Crippen molar-refractivity contribution in [2.24, 2.45) is 0 Å². The summed E-state index contributed by atoms with van der Waals surface area (Å²) in [6.45, 7) is 0.155. The number of benzene rings is 2. The monoisotopic (exact) mass is 311 g/mol. The lowest BCUT2D eigenvalue weighted by Crippen LogP contribution is -2.13. The van der Waals surface area contributed by atoms with Crippen LogP contribution in [0.15, 0.2) is 67.3 Å². The van der Waals surface area contributed by atoms with Gasteiger partial charge in [-0.1, -0.05) is 30.3 Å². The Balaban J connectivity index is 1.62. The first-order valence-electron chi connectivity index (χ1n) is 6.98. The van der Waals surface area contributed by atoms with Gasteiger partial charge in [0.05, 0.1) is 12.0 Å². The predicted octanol–water partition coefficient (Wildman–Crippen LogP) is 3.76. The van der Waals surface area contributed by atoms with Gasteiger partial charge in [0.2, 0.25) is 0 Å². The summed E-state index contributed by atoms with van der Waals surface area (Å²) in [6.07, 6.45) is 4.06. The summed E-state index contributed by atoms with van der Waals surface area (Å²) in [5.41, 5.74) is 1.56. The maximum Gasteiger partial charge on any atom is 0.411 e. The Morgan fingerprint density at radius 2 is 2.04 bits per heavy atom. The van der Waals surface area contributed by atoms with Crippen molar-refractivity contribution in [3.05, 3.63) is 78.6 Å². The molecule has 0 atom stereocenters. The Hall–Kier alpha value is -3.15. The van der Waals surface area contributed by atoms with Crippen LogP contribution >= 0.6 is 0 Å². The van der Waals surface area contributed by atoms with Gasteiger partial charge in [-0.3, -0.25) is 5.32 Å². The molecule has 0 saturated heterocycles. The van der Waals surface area contributed by atoms with Crippen molar-refractivity contribution in [2.75, 3.05) is 5.32 Å². The number of amides is 1. The molecule has 116 valence electrons. The van der Waals surface area contributed by atoms with Gasteiger partial charge in [-0.2, -0.15) is 0 Å². The van der Waals surface area contributed by atoms with Gasteiger partial charge >= 0.3 is 6.09 Å². The maximum absolute atomic E-state index is 14.1. The summed E-state index contributed by atoms with van der Waals surface area (Å²) < 4.78 is 20.7. The number of halogens is 1. The molecule has 0 saturated carbocycles. The fourth-order valence-electron chi connectivity index (χ4n) is 2.07. The normalized spacial score (nSPS) is 10.3. The Morgan fingerprint density at radius 1 is 1.22 bits per heavy atom. The van der Waals surface area contributed by atoms with Crippen molar-refractivity contribution in [2.45, 2.75) is 6.61 Å². The average molecular weight is 311 g/mol. The van der Waals surface area contributed by atoms with E-state index < -0.39 is 11.9 Å². The first-order chi connectivity index (χ1) is 11.2. The Bertz CT molecular complexity index is 789. The SMILES string of the molecule is O=C(Nc1ccc(-n2ccnc2)c(F)c1)OCc1ccccc1. The van der Waals surface area contributed by atoms with Crippen LogP contribution in [0.1, 0.15) is 5.56 Å². The summed E-state index contributed by atoms with van der Waals surface area (Å²) in [5, 5.41) is 2.50. The first kappa shape index (κ1) is 14.8. The van der Waals surface area contributed by atoms with E-state index in [0.29, 0.717) is 11.4 Å². The van der Waals surface area contributed by atoms with Crippen LogP contribution in [0.3, 0.4) is 0 Å². The van der Waals surface area contributed by atoms with Gasteiger partial charge in [-0.15, -0.1) is 0 Å². The average Bonchev–Trinajstić information content (AvgIpc) is 3.08. The second-order valence-corrected chi connectivity index (χ2v) is 4.82. The van der Waals surface area contributed by atoms with Crippen LogP contribution in [0.2, 0.25) is 0 Å². The van der Waals surface area contributed by atoms with Gasteiger partial charge in [-0.25, -0.2) is 14.2 Å². The minimum atomic E-state index is -0.636. The molecule has 0 aliphatic heterocycles. The topological polar surface area (TPSA) is 56.2 Å². The first-order valence-corrected chi connectivity index (χ1v) is 6.98. The van der Waals surface area contributed by atoms with Crippen LogP contribution in [-0.4, -0.2) is 15.6 Å². The number of carbonyl (C=O) groups excluding carboxylic acids is 1. The Kier molecular flexibility index (Phi) is 4.33. The molecule has 1 amide bonds. The number of hydrogen-bond donors (Lipinski definition) is 1.